The molecule has 3 heterocycles. The summed E-state index contributed by atoms with van der Waals surface area (Å²) in [6.07, 6.45) is 2.07. The lowest BCUT2D eigenvalue weighted by Gasteiger charge is -2.30. The minimum atomic E-state index is 0.00451. The maximum absolute atomic E-state index is 12.8. The Hall–Kier alpha value is -2.84. The first-order valence-corrected chi connectivity index (χ1v) is 11.2. The van der Waals surface area contributed by atoms with Gasteiger partial charge in [0.05, 0.1) is 19.7 Å². The van der Waals surface area contributed by atoms with Crippen molar-refractivity contribution in [2.75, 3.05) is 44.8 Å². The molecule has 0 saturated carbocycles. The molecule has 32 heavy (non-hydrogen) atoms. The molecule has 2 aromatic rings. The van der Waals surface area contributed by atoms with Crippen LogP contribution in [0.4, 0.5) is 5.82 Å². The maximum Gasteiger partial charge on any atom is 0.234 e. The largest absolute Gasteiger partial charge is 0.383 e. The number of nitrogens with zero attached hydrogens (tertiary/aromatic N) is 4. The van der Waals surface area contributed by atoms with Crippen LogP contribution in [0.2, 0.25) is 0 Å². The van der Waals surface area contributed by atoms with E-state index < -0.39 is 0 Å². The van der Waals surface area contributed by atoms with Gasteiger partial charge < -0.3 is 10.1 Å². The van der Waals surface area contributed by atoms with E-state index in [0.717, 1.165) is 48.0 Å². The molecule has 2 aliphatic rings. The number of fused-ring (bicyclic) bond motifs is 1. The van der Waals surface area contributed by atoms with Crippen molar-refractivity contribution in [3.63, 3.8) is 0 Å². The van der Waals surface area contributed by atoms with E-state index in [9.17, 15) is 9.59 Å². The number of hydrogen-bond donors (Lipinski definition) is 1. The highest BCUT2D eigenvalue weighted by Gasteiger charge is 2.32. The fourth-order valence-corrected chi connectivity index (χ4v) is 4.45. The number of carbonyl (C=O) groups is 2. The molecule has 4 rings (SSSR count). The molecule has 2 amide bonds. The van der Waals surface area contributed by atoms with E-state index in [0.29, 0.717) is 39.1 Å². The third kappa shape index (κ3) is 5.14. The lowest BCUT2D eigenvalue weighted by Crippen LogP contribution is -2.37. The number of anilines is 1. The van der Waals surface area contributed by atoms with Crippen molar-refractivity contribution >= 4 is 17.6 Å². The minimum Gasteiger partial charge on any atom is -0.383 e. The Morgan fingerprint density at radius 1 is 1.22 bits per heavy atom. The van der Waals surface area contributed by atoms with Gasteiger partial charge in [0, 0.05) is 43.8 Å². The molecule has 0 spiro atoms. The Balaban J connectivity index is 1.49. The highest BCUT2D eigenvalue weighted by Crippen LogP contribution is 2.32. The Bertz CT molecular complexity index is 966. The maximum atomic E-state index is 12.8. The number of aromatic nitrogens is 2. The Morgan fingerprint density at radius 2 is 2.03 bits per heavy atom. The van der Waals surface area contributed by atoms with Gasteiger partial charge in [0.2, 0.25) is 11.8 Å². The van der Waals surface area contributed by atoms with Crippen LogP contribution in [0.5, 0.6) is 0 Å². The van der Waals surface area contributed by atoms with E-state index in [1.807, 2.05) is 42.2 Å². The third-order valence-electron chi connectivity index (χ3n) is 6.17. The summed E-state index contributed by atoms with van der Waals surface area (Å²) in [6, 6.07) is 10.0. The van der Waals surface area contributed by atoms with Crippen LogP contribution in [0.1, 0.15) is 41.4 Å². The average molecular weight is 438 g/mol. The number of benzene rings is 1. The molecule has 0 radical (unpaired) electrons. The second-order valence-corrected chi connectivity index (χ2v) is 8.50. The van der Waals surface area contributed by atoms with Crippen molar-refractivity contribution in [2.24, 2.45) is 0 Å². The second kappa shape index (κ2) is 10.2. The van der Waals surface area contributed by atoms with Crippen molar-refractivity contribution in [3.05, 3.63) is 53.0 Å². The lowest BCUT2D eigenvalue weighted by atomic mass is 10.0. The molecule has 1 fully saturated rings. The number of amides is 2. The smallest absolute Gasteiger partial charge is 0.234 e. The summed E-state index contributed by atoms with van der Waals surface area (Å²) >= 11 is 0. The third-order valence-corrected chi connectivity index (χ3v) is 6.17. The fourth-order valence-electron chi connectivity index (χ4n) is 4.45. The van der Waals surface area contributed by atoms with Crippen LogP contribution in [0.15, 0.2) is 30.3 Å². The van der Waals surface area contributed by atoms with Crippen LogP contribution in [0.25, 0.3) is 0 Å². The first-order chi connectivity index (χ1) is 15.5. The predicted molar refractivity (Wildman–Crippen MR) is 121 cm³/mol. The summed E-state index contributed by atoms with van der Waals surface area (Å²) < 4.78 is 4.97. The standard InChI is InChI=1S/C24H31N5O3/c1-17-20-8-9-22(31)29(14-18-6-4-3-5-7-18)24(20)27-23(26-17)19-10-12-28(15-19)16-21(30)25-11-13-32-2/h3-7,19H,8-16H2,1-2H3,(H,25,30). The van der Waals surface area contributed by atoms with Crippen molar-refractivity contribution in [2.45, 2.75) is 38.6 Å². The molecule has 8 heteroatoms. The van der Waals surface area contributed by atoms with E-state index in [4.69, 9.17) is 14.7 Å². The van der Waals surface area contributed by atoms with Gasteiger partial charge in [0.25, 0.3) is 0 Å². The summed E-state index contributed by atoms with van der Waals surface area (Å²) in [5, 5.41) is 2.87. The Kier molecular flexibility index (Phi) is 7.12. The number of likely N-dealkylation sites (tertiary alicyclic amines) is 1. The average Bonchev–Trinajstić information content (AvgIpc) is 3.25. The number of ether oxygens (including phenoxy) is 1. The number of carbonyl (C=O) groups excluding carboxylic acids is 2. The van der Waals surface area contributed by atoms with Crippen LogP contribution in [-0.2, 0) is 27.3 Å². The topological polar surface area (TPSA) is 87.7 Å². The van der Waals surface area contributed by atoms with Gasteiger partial charge in [-0.25, -0.2) is 9.97 Å². The summed E-state index contributed by atoms with van der Waals surface area (Å²) in [6.45, 7) is 5.48. The van der Waals surface area contributed by atoms with E-state index >= 15 is 0 Å². The van der Waals surface area contributed by atoms with Gasteiger partial charge in [-0.3, -0.25) is 19.4 Å². The summed E-state index contributed by atoms with van der Waals surface area (Å²) in [7, 11) is 1.62. The van der Waals surface area contributed by atoms with Gasteiger partial charge in [0.1, 0.15) is 11.6 Å². The first kappa shape index (κ1) is 22.4. The zero-order chi connectivity index (χ0) is 22.5. The normalized spacial score (nSPS) is 18.6. The SMILES string of the molecule is COCCNC(=O)CN1CCC(c2nc(C)c3c(n2)N(Cc2ccccc2)C(=O)CC3)C1. The fraction of sp³-hybridized carbons (Fsp3) is 0.500. The molecule has 170 valence electrons. The first-order valence-electron chi connectivity index (χ1n) is 11.2. The molecule has 1 atom stereocenters. The van der Waals surface area contributed by atoms with Crippen LogP contribution in [0, 0.1) is 6.92 Å². The van der Waals surface area contributed by atoms with E-state index in [1.165, 1.54) is 0 Å². The second-order valence-electron chi connectivity index (χ2n) is 8.50. The van der Waals surface area contributed by atoms with Crippen LogP contribution in [-0.4, -0.2) is 66.6 Å². The molecule has 0 bridgehead atoms. The lowest BCUT2D eigenvalue weighted by molar-refractivity contribution is -0.122. The monoisotopic (exact) mass is 437 g/mol. The number of hydrogen-bond acceptors (Lipinski definition) is 6. The van der Waals surface area contributed by atoms with Crippen LogP contribution in [0.3, 0.4) is 0 Å². The molecule has 1 aromatic carbocycles. The summed E-state index contributed by atoms with van der Waals surface area (Å²) in [5.74, 6) is 1.79. The van der Waals surface area contributed by atoms with Crippen molar-refractivity contribution in [1.82, 2.24) is 20.2 Å². The molecule has 8 nitrogen and oxygen atoms in total. The molecule has 1 saturated heterocycles. The minimum absolute atomic E-state index is 0.00451. The molecule has 1 unspecified atom stereocenters. The quantitative estimate of drug-likeness (QED) is 0.634. The van der Waals surface area contributed by atoms with Gasteiger partial charge in [-0.2, -0.15) is 0 Å². The molecule has 1 aromatic heterocycles. The van der Waals surface area contributed by atoms with Crippen molar-refractivity contribution in [3.8, 4) is 0 Å². The van der Waals surface area contributed by atoms with Gasteiger partial charge in [0.15, 0.2) is 0 Å². The summed E-state index contributed by atoms with van der Waals surface area (Å²) in [4.78, 5) is 38.6. The molecule has 0 aliphatic carbocycles. The number of nitrogens with one attached hydrogen (secondary N) is 1. The van der Waals surface area contributed by atoms with Crippen molar-refractivity contribution < 1.29 is 14.3 Å². The summed E-state index contributed by atoms with van der Waals surface area (Å²) in [5.41, 5.74) is 3.10. The Morgan fingerprint density at radius 3 is 2.81 bits per heavy atom. The molecular formula is C24H31N5O3. The molecule has 1 N–H and O–H groups in total. The predicted octanol–water partition coefficient (Wildman–Crippen LogP) is 1.82. The Labute approximate surface area is 189 Å². The van der Waals surface area contributed by atoms with Gasteiger partial charge in [-0.05, 0) is 31.9 Å². The van der Waals surface area contributed by atoms with E-state index in [-0.39, 0.29) is 17.7 Å². The number of methoxy groups -OCH3 is 1. The zero-order valence-electron chi connectivity index (χ0n) is 18.8. The van der Waals surface area contributed by atoms with Gasteiger partial charge >= 0.3 is 0 Å². The molecule has 2 aliphatic heterocycles. The van der Waals surface area contributed by atoms with Crippen LogP contribution < -0.4 is 10.2 Å². The highest BCUT2D eigenvalue weighted by atomic mass is 16.5. The molecular weight excluding hydrogens is 406 g/mol. The van der Waals surface area contributed by atoms with Crippen molar-refractivity contribution in [1.29, 1.82) is 0 Å². The zero-order valence-corrected chi connectivity index (χ0v) is 18.8. The van der Waals surface area contributed by atoms with Crippen LogP contribution >= 0.6 is 0 Å². The van der Waals surface area contributed by atoms with Gasteiger partial charge in [-0.15, -0.1) is 0 Å². The highest BCUT2D eigenvalue weighted by molar-refractivity contribution is 5.95. The van der Waals surface area contributed by atoms with E-state index in [2.05, 4.69) is 10.2 Å². The van der Waals surface area contributed by atoms with Gasteiger partial charge in [-0.1, -0.05) is 30.3 Å². The number of aryl methyl sites for hydroxylation is 1. The number of rotatable bonds is 8. The van der Waals surface area contributed by atoms with E-state index in [1.54, 1.807) is 7.11 Å².